The molecule has 0 spiro atoms. The number of carboxylic acid groups (broad SMARTS) is 1. The summed E-state index contributed by atoms with van der Waals surface area (Å²) < 4.78 is 0. The summed E-state index contributed by atoms with van der Waals surface area (Å²) in [5.74, 6) is 0.0842. The first kappa shape index (κ1) is 20.6. The number of phenols is 1. The minimum Gasteiger partial charge on any atom is -0.508 e. The van der Waals surface area contributed by atoms with E-state index in [2.05, 4.69) is 65.6 Å². The summed E-state index contributed by atoms with van der Waals surface area (Å²) in [6, 6.07) is 25.4. The molecule has 4 nitrogen and oxygen atoms in total. The number of benzene rings is 3. The highest BCUT2D eigenvalue weighted by Crippen LogP contribution is 2.47. The minimum absolute atomic E-state index is 0.215. The van der Waals surface area contributed by atoms with E-state index in [1.54, 1.807) is 6.07 Å². The fraction of sp³-hybridized carbons (Fsp3) is 0.321. The molecule has 1 aliphatic heterocycles. The van der Waals surface area contributed by atoms with Gasteiger partial charge >= 0.3 is 5.97 Å². The van der Waals surface area contributed by atoms with E-state index in [9.17, 15) is 15.0 Å². The second-order valence-corrected chi connectivity index (χ2v) is 9.11. The lowest BCUT2D eigenvalue weighted by atomic mass is 9.69. The molecule has 3 aromatic carbocycles. The van der Waals surface area contributed by atoms with Crippen LogP contribution in [0, 0.1) is 5.92 Å². The molecule has 1 aliphatic carbocycles. The monoisotopic (exact) mass is 427 g/mol. The first-order chi connectivity index (χ1) is 15.6. The molecule has 0 bridgehead atoms. The fourth-order valence-electron chi connectivity index (χ4n) is 5.55. The van der Waals surface area contributed by atoms with Gasteiger partial charge in [-0.1, -0.05) is 48.5 Å². The Bertz CT molecular complexity index is 1090. The van der Waals surface area contributed by atoms with Gasteiger partial charge in [0.05, 0.1) is 5.92 Å². The summed E-state index contributed by atoms with van der Waals surface area (Å²) in [6.07, 6.45) is 3.42. The molecule has 0 saturated carbocycles. The number of nitrogens with zero attached hydrogens (tertiary/aromatic N) is 1. The molecule has 1 fully saturated rings. The normalized spacial score (nSPS) is 21.2. The van der Waals surface area contributed by atoms with Gasteiger partial charge in [0.1, 0.15) is 5.75 Å². The van der Waals surface area contributed by atoms with Crippen LogP contribution in [-0.4, -0.2) is 29.3 Å². The lowest BCUT2D eigenvalue weighted by Gasteiger charge is -2.35. The van der Waals surface area contributed by atoms with Crippen molar-refractivity contribution in [3.05, 3.63) is 95.1 Å². The predicted octanol–water partition coefficient (Wildman–Crippen LogP) is 5.56. The summed E-state index contributed by atoms with van der Waals surface area (Å²) in [4.78, 5) is 13.5. The number of aliphatic carboxylic acids is 1. The number of carboxylic acids is 1. The number of phenolic OH excluding ortho intramolecular Hbond substituents is 1. The molecule has 3 aromatic rings. The van der Waals surface area contributed by atoms with Crippen LogP contribution >= 0.6 is 0 Å². The zero-order valence-electron chi connectivity index (χ0n) is 18.2. The molecule has 4 heteroatoms. The van der Waals surface area contributed by atoms with Gasteiger partial charge in [-0.25, -0.2) is 0 Å². The van der Waals surface area contributed by atoms with Crippen molar-refractivity contribution in [2.45, 2.75) is 37.5 Å². The molecule has 2 atom stereocenters. The van der Waals surface area contributed by atoms with E-state index in [-0.39, 0.29) is 11.8 Å². The first-order valence-electron chi connectivity index (χ1n) is 11.5. The highest BCUT2D eigenvalue weighted by atomic mass is 16.4. The van der Waals surface area contributed by atoms with E-state index in [4.69, 9.17) is 0 Å². The van der Waals surface area contributed by atoms with E-state index in [1.165, 1.54) is 22.3 Å². The molecule has 0 aromatic heterocycles. The predicted molar refractivity (Wildman–Crippen MR) is 126 cm³/mol. The quantitative estimate of drug-likeness (QED) is 0.573. The maximum Gasteiger partial charge on any atom is 0.306 e. The van der Waals surface area contributed by atoms with Crippen molar-refractivity contribution in [2.24, 2.45) is 5.92 Å². The number of piperidine rings is 1. The number of hydrogen-bond donors (Lipinski definition) is 2. The molecule has 2 aliphatic rings. The standard InChI is InChI=1S/C28H29NO3/c30-24-11-13-26-22(18-24)8-12-25(19-4-2-1-3-5-19)27(26)20-6-9-23(10-7-20)29-16-14-21(15-17-29)28(31)32/h1-7,9-11,13,18,21,25,27,30H,8,12,14-17H2,(H,31,32). The Kier molecular flexibility index (Phi) is 5.60. The van der Waals surface area contributed by atoms with E-state index in [0.717, 1.165) is 31.6 Å². The average Bonchev–Trinajstić information content (AvgIpc) is 2.84. The second-order valence-electron chi connectivity index (χ2n) is 9.11. The number of anilines is 1. The maximum atomic E-state index is 11.3. The molecule has 1 heterocycles. The summed E-state index contributed by atoms with van der Waals surface area (Å²) in [7, 11) is 0. The molecule has 32 heavy (non-hydrogen) atoms. The van der Waals surface area contributed by atoms with Crippen LogP contribution in [0.4, 0.5) is 5.69 Å². The van der Waals surface area contributed by atoms with Gasteiger partial charge in [-0.3, -0.25) is 4.79 Å². The van der Waals surface area contributed by atoms with E-state index in [0.29, 0.717) is 24.5 Å². The molecule has 0 radical (unpaired) electrons. The molecule has 1 saturated heterocycles. The van der Waals surface area contributed by atoms with Gasteiger partial charge in [0.25, 0.3) is 0 Å². The summed E-state index contributed by atoms with van der Waals surface area (Å²) in [5.41, 5.74) is 6.35. The van der Waals surface area contributed by atoms with Crippen LogP contribution < -0.4 is 4.90 Å². The van der Waals surface area contributed by atoms with Crippen LogP contribution in [0.15, 0.2) is 72.8 Å². The lowest BCUT2D eigenvalue weighted by Crippen LogP contribution is -2.36. The Morgan fingerprint density at radius 1 is 0.844 bits per heavy atom. The van der Waals surface area contributed by atoms with Crippen molar-refractivity contribution in [2.75, 3.05) is 18.0 Å². The zero-order valence-corrected chi connectivity index (χ0v) is 18.2. The van der Waals surface area contributed by atoms with Crippen LogP contribution in [0.25, 0.3) is 0 Å². The number of aromatic hydroxyl groups is 1. The van der Waals surface area contributed by atoms with Crippen molar-refractivity contribution in [3.63, 3.8) is 0 Å². The summed E-state index contributed by atoms with van der Waals surface area (Å²) >= 11 is 0. The van der Waals surface area contributed by atoms with Crippen molar-refractivity contribution >= 4 is 11.7 Å². The van der Waals surface area contributed by atoms with Gasteiger partial charge in [-0.15, -0.1) is 0 Å². The topological polar surface area (TPSA) is 60.8 Å². The molecule has 5 rings (SSSR count). The van der Waals surface area contributed by atoms with Gasteiger partial charge in [0.15, 0.2) is 0 Å². The number of hydrogen-bond acceptors (Lipinski definition) is 3. The Morgan fingerprint density at radius 3 is 2.25 bits per heavy atom. The van der Waals surface area contributed by atoms with Crippen molar-refractivity contribution in [1.29, 1.82) is 0 Å². The highest BCUT2D eigenvalue weighted by molar-refractivity contribution is 5.70. The summed E-state index contributed by atoms with van der Waals surface area (Å²) in [5, 5.41) is 19.3. The minimum atomic E-state index is -0.672. The molecule has 2 unspecified atom stereocenters. The smallest absolute Gasteiger partial charge is 0.306 e. The Labute approximate surface area is 189 Å². The maximum absolute atomic E-state index is 11.3. The molecule has 164 valence electrons. The summed E-state index contributed by atoms with van der Waals surface area (Å²) in [6.45, 7) is 1.57. The molecular formula is C28H29NO3. The van der Waals surface area contributed by atoms with Crippen molar-refractivity contribution < 1.29 is 15.0 Å². The van der Waals surface area contributed by atoms with Gasteiger partial charge in [0, 0.05) is 24.7 Å². The van der Waals surface area contributed by atoms with Crippen LogP contribution in [0.1, 0.15) is 53.4 Å². The zero-order chi connectivity index (χ0) is 22.1. The fourth-order valence-corrected chi connectivity index (χ4v) is 5.55. The molecule has 0 amide bonds. The molecule has 2 N–H and O–H groups in total. The third kappa shape index (κ3) is 3.97. The Morgan fingerprint density at radius 2 is 1.56 bits per heavy atom. The van der Waals surface area contributed by atoms with Gasteiger partial charge in [-0.05, 0) is 78.1 Å². The van der Waals surface area contributed by atoms with Crippen molar-refractivity contribution in [1.82, 2.24) is 0 Å². The van der Waals surface area contributed by atoms with Gasteiger partial charge in [-0.2, -0.15) is 0 Å². The van der Waals surface area contributed by atoms with Crippen LogP contribution in [0.5, 0.6) is 5.75 Å². The highest BCUT2D eigenvalue weighted by Gasteiger charge is 2.32. The lowest BCUT2D eigenvalue weighted by molar-refractivity contribution is -0.142. The van der Waals surface area contributed by atoms with E-state index < -0.39 is 5.97 Å². The van der Waals surface area contributed by atoms with Gasteiger partial charge < -0.3 is 15.1 Å². The molecular weight excluding hydrogens is 398 g/mol. The third-order valence-corrected chi connectivity index (χ3v) is 7.28. The largest absolute Gasteiger partial charge is 0.508 e. The average molecular weight is 428 g/mol. The SMILES string of the molecule is O=C(O)C1CCN(c2ccc(C3c4ccc(O)cc4CCC3c3ccccc3)cc2)CC1. The number of fused-ring (bicyclic) bond motifs is 1. The number of aryl methyl sites for hydroxylation is 1. The Balaban J connectivity index is 1.45. The number of rotatable bonds is 4. The Hall–Kier alpha value is -3.27. The first-order valence-corrected chi connectivity index (χ1v) is 11.5. The van der Waals surface area contributed by atoms with Crippen molar-refractivity contribution in [3.8, 4) is 5.75 Å². The van der Waals surface area contributed by atoms with Crippen LogP contribution in [0.3, 0.4) is 0 Å². The van der Waals surface area contributed by atoms with Gasteiger partial charge in [0.2, 0.25) is 0 Å². The van der Waals surface area contributed by atoms with E-state index >= 15 is 0 Å². The van der Waals surface area contributed by atoms with E-state index in [1.807, 2.05) is 6.07 Å². The second kappa shape index (κ2) is 8.70. The third-order valence-electron chi connectivity index (χ3n) is 7.28. The number of carbonyl (C=O) groups is 1. The van der Waals surface area contributed by atoms with Crippen LogP contribution in [0.2, 0.25) is 0 Å². The van der Waals surface area contributed by atoms with Crippen LogP contribution in [-0.2, 0) is 11.2 Å².